The van der Waals surface area contributed by atoms with Gasteiger partial charge in [-0.25, -0.2) is 4.79 Å². The predicted octanol–water partition coefficient (Wildman–Crippen LogP) is 5.40. The molecule has 5 heteroatoms. The summed E-state index contributed by atoms with van der Waals surface area (Å²) in [6.45, 7) is 5.63. The first kappa shape index (κ1) is 20.8. The van der Waals surface area contributed by atoms with E-state index >= 15 is 0 Å². The minimum atomic E-state index is -0.848. The third-order valence-corrected chi connectivity index (χ3v) is 5.34. The van der Waals surface area contributed by atoms with Gasteiger partial charge in [0, 0.05) is 17.1 Å². The first-order valence-corrected chi connectivity index (χ1v) is 10.0. The predicted molar refractivity (Wildman–Crippen MR) is 115 cm³/mol. The van der Waals surface area contributed by atoms with Gasteiger partial charge in [0.25, 0.3) is 0 Å². The summed E-state index contributed by atoms with van der Waals surface area (Å²) in [7, 11) is 0. The monoisotopic (exact) mass is 392 g/mol. The molecular formula is C24H28N2O3. The van der Waals surface area contributed by atoms with Crippen LogP contribution in [0.2, 0.25) is 0 Å². The van der Waals surface area contributed by atoms with Gasteiger partial charge in [-0.05, 0) is 49.3 Å². The minimum Gasteiger partial charge on any atom is -0.478 e. The molecule has 0 spiro atoms. The Morgan fingerprint density at radius 2 is 1.72 bits per heavy atom. The summed E-state index contributed by atoms with van der Waals surface area (Å²) in [6.07, 6.45) is 6.71. The summed E-state index contributed by atoms with van der Waals surface area (Å²) in [4.78, 5) is 27.4. The second-order valence-corrected chi connectivity index (χ2v) is 8.67. The number of hydrogen-bond donors (Lipinski definition) is 2. The second-order valence-electron chi connectivity index (χ2n) is 8.67. The first-order valence-electron chi connectivity index (χ1n) is 10.0. The van der Waals surface area contributed by atoms with Crippen LogP contribution in [0, 0.1) is 5.41 Å². The Bertz CT molecular complexity index is 897. The number of carbonyl (C=O) groups excluding carboxylic acids is 1. The molecule has 0 saturated heterocycles. The molecule has 1 fully saturated rings. The van der Waals surface area contributed by atoms with E-state index in [-0.39, 0.29) is 5.91 Å². The molecule has 29 heavy (non-hydrogen) atoms. The van der Waals surface area contributed by atoms with E-state index in [4.69, 9.17) is 5.11 Å². The summed E-state index contributed by atoms with van der Waals surface area (Å²) in [5, 5.41) is 11.8. The van der Waals surface area contributed by atoms with Crippen molar-refractivity contribution in [1.82, 2.24) is 4.98 Å². The van der Waals surface area contributed by atoms with Crippen molar-refractivity contribution in [2.45, 2.75) is 52.4 Å². The molecule has 1 aromatic heterocycles. The van der Waals surface area contributed by atoms with Crippen LogP contribution in [-0.2, 0) is 9.59 Å². The van der Waals surface area contributed by atoms with Gasteiger partial charge in [0.1, 0.15) is 0 Å². The SMILES string of the molecule is CC(C)(C)C(=O)Nc1ccc(-c2ccc(C3CCC(=CC(=O)O)CC3)cc2)nc1. The van der Waals surface area contributed by atoms with Crippen molar-refractivity contribution in [3.8, 4) is 11.3 Å². The van der Waals surface area contributed by atoms with Crippen molar-refractivity contribution >= 4 is 17.6 Å². The zero-order valence-corrected chi connectivity index (χ0v) is 17.2. The summed E-state index contributed by atoms with van der Waals surface area (Å²) >= 11 is 0. The number of carboxylic acid groups (broad SMARTS) is 1. The molecule has 2 N–H and O–H groups in total. The normalized spacial score (nSPS) is 16.9. The van der Waals surface area contributed by atoms with Crippen LogP contribution in [0.25, 0.3) is 11.3 Å². The van der Waals surface area contributed by atoms with Crippen LogP contribution in [0.1, 0.15) is 57.9 Å². The van der Waals surface area contributed by atoms with Gasteiger partial charge in [-0.3, -0.25) is 9.78 Å². The van der Waals surface area contributed by atoms with Crippen LogP contribution in [0.3, 0.4) is 0 Å². The van der Waals surface area contributed by atoms with E-state index < -0.39 is 11.4 Å². The number of benzene rings is 1. The molecule has 0 radical (unpaired) electrons. The lowest BCUT2D eigenvalue weighted by atomic mass is 9.81. The third kappa shape index (κ3) is 5.53. The number of aromatic nitrogens is 1. The third-order valence-electron chi connectivity index (χ3n) is 5.34. The van der Waals surface area contributed by atoms with Gasteiger partial charge in [0.2, 0.25) is 5.91 Å². The lowest BCUT2D eigenvalue weighted by molar-refractivity contribution is -0.131. The summed E-state index contributed by atoms with van der Waals surface area (Å²) in [5.41, 5.74) is 4.46. The molecular weight excluding hydrogens is 364 g/mol. The van der Waals surface area contributed by atoms with Crippen LogP contribution in [0.4, 0.5) is 5.69 Å². The van der Waals surface area contributed by atoms with Crippen molar-refractivity contribution < 1.29 is 14.7 Å². The average molecular weight is 392 g/mol. The van der Waals surface area contributed by atoms with E-state index in [9.17, 15) is 9.59 Å². The van der Waals surface area contributed by atoms with E-state index in [0.29, 0.717) is 11.6 Å². The Balaban J connectivity index is 1.63. The number of hydrogen-bond acceptors (Lipinski definition) is 3. The number of allylic oxidation sites excluding steroid dienone is 1. The molecule has 0 unspecified atom stereocenters. The highest BCUT2D eigenvalue weighted by atomic mass is 16.4. The Hall–Kier alpha value is -2.95. The molecule has 1 heterocycles. The van der Waals surface area contributed by atoms with E-state index in [2.05, 4.69) is 34.6 Å². The number of rotatable bonds is 4. The summed E-state index contributed by atoms with van der Waals surface area (Å²) in [5.74, 6) is -0.414. The minimum absolute atomic E-state index is 0.0368. The van der Waals surface area contributed by atoms with Gasteiger partial charge in [-0.15, -0.1) is 0 Å². The van der Waals surface area contributed by atoms with Crippen molar-refractivity contribution in [2.24, 2.45) is 5.41 Å². The molecule has 152 valence electrons. The van der Waals surface area contributed by atoms with Crippen LogP contribution < -0.4 is 5.32 Å². The van der Waals surface area contributed by atoms with Crippen molar-refractivity contribution in [2.75, 3.05) is 5.32 Å². The fourth-order valence-electron chi connectivity index (χ4n) is 3.52. The average Bonchev–Trinajstić information content (AvgIpc) is 2.68. The summed E-state index contributed by atoms with van der Waals surface area (Å²) in [6, 6.07) is 12.2. The zero-order valence-electron chi connectivity index (χ0n) is 17.2. The van der Waals surface area contributed by atoms with Gasteiger partial charge in [-0.1, -0.05) is 50.6 Å². The molecule has 1 aliphatic carbocycles. The van der Waals surface area contributed by atoms with Gasteiger partial charge < -0.3 is 10.4 Å². The fraction of sp³-hybridized carbons (Fsp3) is 0.375. The Labute approximate surface area is 171 Å². The number of pyridine rings is 1. The van der Waals surface area contributed by atoms with Gasteiger partial charge in [0.15, 0.2) is 0 Å². The zero-order chi connectivity index (χ0) is 21.0. The highest BCUT2D eigenvalue weighted by Crippen LogP contribution is 2.36. The molecule has 1 amide bonds. The molecule has 0 bridgehead atoms. The molecule has 2 aromatic rings. The second kappa shape index (κ2) is 8.60. The number of nitrogens with one attached hydrogen (secondary N) is 1. The highest BCUT2D eigenvalue weighted by molar-refractivity contribution is 5.94. The maximum Gasteiger partial charge on any atom is 0.328 e. The van der Waals surface area contributed by atoms with Crippen LogP contribution in [-0.4, -0.2) is 22.0 Å². The van der Waals surface area contributed by atoms with E-state index in [1.807, 2.05) is 32.9 Å². The Morgan fingerprint density at radius 1 is 1.07 bits per heavy atom. The lowest BCUT2D eigenvalue weighted by Crippen LogP contribution is -2.27. The quantitative estimate of drug-likeness (QED) is 0.683. The number of amides is 1. The number of aliphatic carboxylic acids is 1. The van der Waals surface area contributed by atoms with Crippen LogP contribution in [0.15, 0.2) is 54.2 Å². The van der Waals surface area contributed by atoms with Gasteiger partial charge in [-0.2, -0.15) is 0 Å². The van der Waals surface area contributed by atoms with E-state index in [1.165, 1.54) is 11.6 Å². The van der Waals surface area contributed by atoms with Gasteiger partial charge >= 0.3 is 5.97 Å². The Kier molecular flexibility index (Phi) is 6.16. The maximum atomic E-state index is 12.1. The largest absolute Gasteiger partial charge is 0.478 e. The maximum absolute atomic E-state index is 12.1. The first-order chi connectivity index (χ1) is 13.7. The highest BCUT2D eigenvalue weighted by Gasteiger charge is 2.21. The van der Waals surface area contributed by atoms with Crippen molar-refractivity contribution in [3.63, 3.8) is 0 Å². The molecule has 1 aromatic carbocycles. The molecule has 1 aliphatic rings. The molecule has 5 nitrogen and oxygen atoms in total. The smallest absolute Gasteiger partial charge is 0.328 e. The molecule has 0 aliphatic heterocycles. The number of carbonyl (C=O) groups is 2. The Morgan fingerprint density at radius 3 is 2.24 bits per heavy atom. The number of anilines is 1. The molecule has 0 atom stereocenters. The van der Waals surface area contributed by atoms with Crippen LogP contribution >= 0.6 is 0 Å². The number of nitrogens with zero attached hydrogens (tertiary/aromatic N) is 1. The molecule has 1 saturated carbocycles. The summed E-state index contributed by atoms with van der Waals surface area (Å²) < 4.78 is 0. The van der Waals surface area contributed by atoms with Gasteiger partial charge in [0.05, 0.1) is 17.6 Å². The van der Waals surface area contributed by atoms with Crippen LogP contribution in [0.5, 0.6) is 0 Å². The molecule has 3 rings (SSSR count). The lowest BCUT2D eigenvalue weighted by Gasteiger charge is -2.24. The fourth-order valence-corrected chi connectivity index (χ4v) is 3.52. The standard InChI is InChI=1S/C24H28N2O3/c1-24(2,3)23(29)26-20-12-13-21(25-15-20)19-10-8-18(9-11-19)17-6-4-16(5-7-17)14-22(27)28/h8-15,17H,4-7H2,1-3H3,(H,26,29)(H,27,28). The van der Waals surface area contributed by atoms with E-state index in [0.717, 1.165) is 42.5 Å². The number of carboxylic acids is 1. The van der Waals surface area contributed by atoms with Crippen molar-refractivity contribution in [1.29, 1.82) is 0 Å². The van der Waals surface area contributed by atoms with Crippen molar-refractivity contribution in [3.05, 3.63) is 59.8 Å². The van der Waals surface area contributed by atoms with E-state index in [1.54, 1.807) is 6.20 Å². The topological polar surface area (TPSA) is 79.3 Å².